The Hall–Kier alpha value is -1.28. The lowest BCUT2D eigenvalue weighted by atomic mass is 9.77. The quantitative estimate of drug-likeness (QED) is 0.208. The van der Waals surface area contributed by atoms with Gasteiger partial charge in [-0.2, -0.15) is 0 Å². The molecule has 15 heavy (non-hydrogen) atoms. The molecule has 0 aliphatic heterocycles. The van der Waals surface area contributed by atoms with E-state index in [0.29, 0.717) is 0 Å². The van der Waals surface area contributed by atoms with Crippen molar-refractivity contribution in [3.8, 4) is 0 Å². The third-order valence-electron chi connectivity index (χ3n) is 0.973. The van der Waals surface area contributed by atoms with Gasteiger partial charge in [0.2, 0.25) is 5.91 Å². The van der Waals surface area contributed by atoms with Crippen molar-refractivity contribution in [3.63, 3.8) is 0 Å². The summed E-state index contributed by atoms with van der Waals surface area (Å²) in [6, 6.07) is 0. The fourth-order valence-electron chi connectivity index (χ4n) is 0.500. The maximum atomic E-state index is 10.4. The van der Waals surface area contributed by atoms with Crippen LogP contribution in [0.3, 0.4) is 0 Å². The molecule has 0 N–H and O–H groups in total. The second-order valence-electron chi connectivity index (χ2n) is 2.13. The predicted octanol–water partition coefficient (Wildman–Crippen LogP) is -2.10. The van der Waals surface area contributed by atoms with Crippen LogP contribution in [0.1, 0.15) is 0 Å². The Kier molecular flexibility index (Phi) is 6.47. The van der Waals surface area contributed by atoms with E-state index in [1.165, 1.54) is 0 Å². The monoisotopic (exact) mass is 202 g/mol. The van der Waals surface area contributed by atoms with E-state index in [9.17, 15) is 14.8 Å². The van der Waals surface area contributed by atoms with E-state index < -0.39 is 24.9 Å². The van der Waals surface area contributed by atoms with Crippen molar-refractivity contribution in [1.29, 1.82) is 0 Å². The third kappa shape index (κ3) is 7.77. The highest BCUT2D eigenvalue weighted by atomic mass is 16.4. The zero-order chi connectivity index (χ0) is 11.8. The second-order valence-corrected chi connectivity index (χ2v) is 2.13. The van der Waals surface area contributed by atoms with Crippen molar-refractivity contribution in [3.05, 3.63) is 26.3 Å². The first-order chi connectivity index (χ1) is 6.93. The molecule has 0 spiro atoms. The summed E-state index contributed by atoms with van der Waals surface area (Å²) >= 11 is 0. The fourth-order valence-corrected chi connectivity index (χ4v) is 0.500. The topological polar surface area (TPSA) is 128 Å². The van der Waals surface area contributed by atoms with Crippen LogP contribution in [0.4, 0.5) is 0 Å². The molecule has 0 aliphatic rings. The van der Waals surface area contributed by atoms with E-state index in [-0.39, 0.29) is 0 Å². The number of guanidine groups is 1. The highest BCUT2D eigenvalue weighted by molar-refractivity contribution is 6.43. The molecular weight excluding hydrogens is 199 g/mol. The van der Waals surface area contributed by atoms with Gasteiger partial charge < -0.3 is 0 Å². The van der Waals surface area contributed by atoms with Gasteiger partial charge in [-0.1, -0.05) is 0 Å². The van der Waals surface area contributed by atoms with Crippen LogP contribution in [-0.2, 0) is 14.8 Å². The fraction of sp³-hybridized carbons (Fsp3) is 0.143. The molecule has 0 fully saturated rings. The van der Waals surface area contributed by atoms with Gasteiger partial charge in [-0.3, -0.25) is 14.8 Å². The Balaban J connectivity index is 3.86. The molecule has 72 valence electrons. The molecule has 0 unspecified atom stereocenters. The van der Waals surface area contributed by atoms with Crippen molar-refractivity contribution in [1.82, 2.24) is 16.8 Å². The zero-order valence-electron chi connectivity index (χ0n) is 7.38. The summed E-state index contributed by atoms with van der Waals surface area (Å²) < 4.78 is 0. The Morgan fingerprint density at radius 3 is 2.40 bits per heavy atom. The molecule has 0 heterocycles. The first kappa shape index (κ1) is 13.7. The molecule has 7 nitrogen and oxygen atoms in total. The Labute approximate surface area is 88.7 Å². The van der Waals surface area contributed by atoms with Crippen LogP contribution in [-0.4, -0.2) is 24.9 Å². The third-order valence-corrected chi connectivity index (χ3v) is 0.973. The molecule has 1 atom stereocenters. The van der Waals surface area contributed by atoms with Crippen LogP contribution < -0.4 is 16.8 Å². The van der Waals surface area contributed by atoms with Crippen LogP contribution in [0, 0.1) is 26.3 Å². The van der Waals surface area contributed by atoms with Gasteiger partial charge in [0.25, 0.3) is 5.96 Å². The highest BCUT2D eigenvalue weighted by Gasteiger charge is 2.29. The SMILES string of the molecule is [CH2]C(=O)[N][C@@H]([C][C][C]N=C([N])[N])B([O])[O]. The Bertz CT molecular complexity index is 230. The van der Waals surface area contributed by atoms with E-state index in [1.54, 1.807) is 6.54 Å². The smallest absolute Gasteiger partial charge is 0.273 e. The van der Waals surface area contributed by atoms with Gasteiger partial charge in [0, 0.05) is 19.8 Å². The first-order valence-corrected chi connectivity index (χ1v) is 3.53. The number of carbonyl (C=O) groups excluding carboxylic acids is 1. The van der Waals surface area contributed by atoms with Crippen LogP contribution in [0.2, 0.25) is 0 Å². The molecule has 0 aromatic rings. The molecule has 0 saturated heterocycles. The summed E-state index contributed by atoms with van der Waals surface area (Å²) in [5.41, 5.74) is 16.3. The van der Waals surface area contributed by atoms with Crippen molar-refractivity contribution < 1.29 is 14.8 Å². The lowest BCUT2D eigenvalue weighted by molar-refractivity contribution is -0.117. The van der Waals surface area contributed by atoms with Crippen molar-refractivity contribution in [2.45, 2.75) is 5.94 Å². The van der Waals surface area contributed by atoms with Crippen LogP contribution >= 0.6 is 0 Å². The summed E-state index contributed by atoms with van der Waals surface area (Å²) in [6.45, 7) is 4.64. The summed E-state index contributed by atoms with van der Waals surface area (Å²) in [4.78, 5) is 13.1. The number of nitrogens with zero attached hydrogens (tertiary/aromatic N) is 4. The zero-order valence-corrected chi connectivity index (χ0v) is 7.38. The molecule has 0 aromatic carbocycles. The largest absolute Gasteiger partial charge is 0.541 e. The Morgan fingerprint density at radius 1 is 1.40 bits per heavy atom. The Morgan fingerprint density at radius 2 is 2.00 bits per heavy atom. The molecular formula is C7H3BN4O3. The van der Waals surface area contributed by atoms with Crippen molar-refractivity contribution >= 4 is 19.0 Å². The van der Waals surface area contributed by atoms with Crippen molar-refractivity contribution in [2.24, 2.45) is 4.99 Å². The molecule has 0 bridgehead atoms. The lowest BCUT2D eigenvalue weighted by Crippen LogP contribution is -2.39. The van der Waals surface area contributed by atoms with Crippen molar-refractivity contribution in [2.75, 3.05) is 0 Å². The number of rotatable bonds is 6. The highest BCUT2D eigenvalue weighted by Crippen LogP contribution is 2.01. The second kappa shape index (κ2) is 7.07. The van der Waals surface area contributed by atoms with Gasteiger partial charge in [0.15, 0.2) is 0 Å². The van der Waals surface area contributed by atoms with Crippen LogP contribution in [0.15, 0.2) is 4.99 Å². The van der Waals surface area contributed by atoms with E-state index >= 15 is 0 Å². The lowest BCUT2D eigenvalue weighted by Gasteiger charge is -2.09. The average molecular weight is 202 g/mol. The molecule has 14 radical (unpaired) electrons. The number of aliphatic imine (C=N–C) groups is 1. The number of amides is 1. The molecule has 0 aliphatic carbocycles. The molecule has 8 heteroatoms. The summed E-state index contributed by atoms with van der Waals surface area (Å²) in [5, 5.41) is 23.8. The average Bonchev–Trinajstić information content (AvgIpc) is 2.08. The molecule has 1 amide bonds. The minimum atomic E-state index is -2.45. The van der Waals surface area contributed by atoms with Gasteiger partial charge >= 0.3 is 7.12 Å². The molecule has 0 rings (SSSR count). The van der Waals surface area contributed by atoms with Gasteiger partial charge in [-0.15, -0.1) is 11.5 Å². The minimum Gasteiger partial charge on any atom is -0.273 e. The van der Waals surface area contributed by atoms with E-state index in [2.05, 4.69) is 17.2 Å². The first-order valence-electron chi connectivity index (χ1n) is 3.53. The summed E-state index contributed by atoms with van der Waals surface area (Å²) in [6.07, 6.45) is 3.89. The van der Waals surface area contributed by atoms with E-state index in [0.717, 1.165) is 0 Å². The van der Waals surface area contributed by atoms with Crippen LogP contribution in [0.25, 0.3) is 0 Å². The maximum Gasteiger partial charge on any atom is 0.541 e. The standard InChI is InChI=1S/C7H3BN4O3/c1-5(13)12-6(8(14)15)3-2-4-11-7(9)10/h6H,1H2/t6-/m0/s1. The minimum absolute atomic E-state index is 0.945. The molecule has 0 saturated carbocycles. The maximum absolute atomic E-state index is 10.4. The van der Waals surface area contributed by atoms with Crippen LogP contribution in [0.5, 0.6) is 0 Å². The van der Waals surface area contributed by atoms with E-state index in [1.807, 2.05) is 12.8 Å². The predicted molar refractivity (Wildman–Crippen MR) is 44.8 cm³/mol. The van der Waals surface area contributed by atoms with Gasteiger partial charge in [-0.25, -0.2) is 10.3 Å². The number of hydrogen-bond acceptors (Lipinski definition) is 2. The summed E-state index contributed by atoms with van der Waals surface area (Å²) in [5.74, 6) is -3.81. The van der Waals surface area contributed by atoms with Gasteiger partial charge in [0.05, 0.1) is 0 Å². The van der Waals surface area contributed by atoms with E-state index in [4.69, 9.17) is 11.5 Å². The summed E-state index contributed by atoms with van der Waals surface area (Å²) in [7, 11) is -2.45. The molecule has 0 aromatic heterocycles. The number of hydrogen-bond donors (Lipinski definition) is 0. The van der Waals surface area contributed by atoms with Gasteiger partial charge in [-0.05, 0) is 0 Å². The number of carbonyl (C=O) groups is 1. The van der Waals surface area contributed by atoms with Gasteiger partial charge in [0.1, 0.15) is 12.5 Å². The normalized spacial score (nSPS) is 11.7.